The Balaban J connectivity index is 1.81. The zero-order valence-corrected chi connectivity index (χ0v) is 17.9. The third-order valence-electron chi connectivity index (χ3n) is 5.07. The first kappa shape index (κ1) is 19.6. The highest BCUT2D eigenvalue weighted by Gasteiger charge is 2.23. The SMILES string of the molecule is C#CCOc1c(Cl)cc(C=C2CCn3c2nc2sc(C)c(C)c2c3=O)cc1OC. The standard InChI is InChI=1S/C22H19ClN2O3S/c1-5-8-28-19-16(23)10-14(11-17(19)27-4)9-15-6-7-25-20(15)24-21-18(22(25)26)12(2)13(3)29-21/h1,9-11H,6-8H2,2-4H3. The predicted octanol–water partition coefficient (Wildman–Crippen LogP) is 4.69. The van der Waals surface area contributed by atoms with Gasteiger partial charge in [-0.3, -0.25) is 9.36 Å². The number of halogens is 1. The van der Waals surface area contributed by atoms with E-state index >= 15 is 0 Å². The fraction of sp³-hybridized carbons (Fsp3) is 0.273. The second kappa shape index (κ2) is 7.58. The van der Waals surface area contributed by atoms with E-state index in [9.17, 15) is 4.79 Å². The monoisotopic (exact) mass is 426 g/mol. The van der Waals surface area contributed by atoms with Crippen LogP contribution in [-0.4, -0.2) is 23.3 Å². The number of fused-ring (bicyclic) bond motifs is 2. The number of rotatable bonds is 4. The summed E-state index contributed by atoms with van der Waals surface area (Å²) in [5.74, 6) is 4.05. The van der Waals surface area contributed by atoms with Gasteiger partial charge in [-0.25, -0.2) is 4.98 Å². The van der Waals surface area contributed by atoms with Crippen LogP contribution in [0, 0.1) is 26.2 Å². The average molecular weight is 427 g/mol. The van der Waals surface area contributed by atoms with Crippen molar-refractivity contribution < 1.29 is 9.47 Å². The molecule has 0 unspecified atom stereocenters. The fourth-order valence-electron chi connectivity index (χ4n) is 3.54. The zero-order valence-electron chi connectivity index (χ0n) is 16.3. The van der Waals surface area contributed by atoms with Crippen LogP contribution in [0.4, 0.5) is 0 Å². The van der Waals surface area contributed by atoms with Gasteiger partial charge in [0.2, 0.25) is 0 Å². The molecule has 0 bridgehead atoms. The molecule has 3 heterocycles. The van der Waals surface area contributed by atoms with Crippen molar-refractivity contribution in [1.29, 1.82) is 0 Å². The molecule has 0 saturated carbocycles. The molecule has 0 fully saturated rings. The minimum Gasteiger partial charge on any atom is -0.493 e. The van der Waals surface area contributed by atoms with Crippen LogP contribution >= 0.6 is 22.9 Å². The Labute approximate surface area is 177 Å². The van der Waals surface area contributed by atoms with Gasteiger partial charge in [0.25, 0.3) is 5.56 Å². The molecule has 1 aliphatic rings. The molecule has 0 aliphatic carbocycles. The first-order valence-corrected chi connectivity index (χ1v) is 10.3. The van der Waals surface area contributed by atoms with E-state index < -0.39 is 0 Å². The van der Waals surface area contributed by atoms with Gasteiger partial charge in [-0.05, 0) is 55.2 Å². The molecular weight excluding hydrogens is 408 g/mol. The quantitative estimate of drug-likeness (QED) is 0.568. The van der Waals surface area contributed by atoms with Gasteiger partial charge in [-0.2, -0.15) is 0 Å². The minimum absolute atomic E-state index is 0.0314. The minimum atomic E-state index is 0.0314. The third-order valence-corrected chi connectivity index (χ3v) is 6.46. The Hall–Kier alpha value is -2.75. The van der Waals surface area contributed by atoms with Crippen molar-refractivity contribution in [2.45, 2.75) is 26.8 Å². The van der Waals surface area contributed by atoms with Gasteiger partial charge >= 0.3 is 0 Å². The van der Waals surface area contributed by atoms with Crippen molar-refractivity contribution in [3.05, 3.63) is 49.3 Å². The van der Waals surface area contributed by atoms with E-state index in [4.69, 9.17) is 32.5 Å². The lowest BCUT2D eigenvalue weighted by atomic mass is 10.1. The van der Waals surface area contributed by atoms with E-state index in [0.717, 1.165) is 38.2 Å². The highest BCUT2D eigenvalue weighted by Crippen LogP contribution is 2.38. The van der Waals surface area contributed by atoms with E-state index in [1.165, 1.54) is 0 Å². The van der Waals surface area contributed by atoms with Crippen LogP contribution in [0.3, 0.4) is 0 Å². The van der Waals surface area contributed by atoms with Crippen molar-refractivity contribution in [3.63, 3.8) is 0 Å². The van der Waals surface area contributed by atoms with Crippen LogP contribution < -0.4 is 15.0 Å². The van der Waals surface area contributed by atoms with Gasteiger partial charge in [0.1, 0.15) is 17.3 Å². The molecule has 4 rings (SSSR count). The average Bonchev–Trinajstić information content (AvgIpc) is 3.22. The summed E-state index contributed by atoms with van der Waals surface area (Å²) in [7, 11) is 1.55. The third kappa shape index (κ3) is 3.31. The highest BCUT2D eigenvalue weighted by atomic mass is 35.5. The lowest BCUT2D eigenvalue weighted by Crippen LogP contribution is -2.20. The molecule has 7 heteroatoms. The fourth-order valence-corrected chi connectivity index (χ4v) is 4.83. The van der Waals surface area contributed by atoms with Gasteiger partial charge in [0.15, 0.2) is 11.5 Å². The number of methoxy groups -OCH3 is 1. The molecule has 0 spiro atoms. The smallest absolute Gasteiger partial charge is 0.262 e. The summed E-state index contributed by atoms with van der Waals surface area (Å²) in [4.78, 5) is 19.7. The van der Waals surface area contributed by atoms with Gasteiger partial charge < -0.3 is 9.47 Å². The Kier molecular flexibility index (Phi) is 5.12. The van der Waals surface area contributed by atoms with E-state index in [1.54, 1.807) is 29.1 Å². The molecule has 0 saturated heterocycles. The summed E-state index contributed by atoms with van der Waals surface area (Å²) in [6.07, 6.45) is 7.98. The number of ether oxygens (including phenoxy) is 2. The van der Waals surface area contributed by atoms with Gasteiger partial charge in [-0.15, -0.1) is 17.8 Å². The molecule has 5 nitrogen and oxygen atoms in total. The normalized spacial score (nSPS) is 14.2. The maximum absolute atomic E-state index is 13.0. The summed E-state index contributed by atoms with van der Waals surface area (Å²) >= 11 is 7.95. The molecule has 0 radical (unpaired) electrons. The molecule has 2 aromatic heterocycles. The summed E-state index contributed by atoms with van der Waals surface area (Å²) in [6, 6.07) is 3.63. The number of aromatic nitrogens is 2. The summed E-state index contributed by atoms with van der Waals surface area (Å²) < 4.78 is 12.7. The molecule has 0 atom stereocenters. The van der Waals surface area contributed by atoms with E-state index in [0.29, 0.717) is 28.9 Å². The second-order valence-electron chi connectivity index (χ2n) is 6.80. The maximum Gasteiger partial charge on any atom is 0.262 e. The first-order chi connectivity index (χ1) is 13.9. The largest absolute Gasteiger partial charge is 0.493 e. The van der Waals surface area contributed by atoms with Crippen LogP contribution in [0.1, 0.15) is 28.2 Å². The Morgan fingerprint density at radius 2 is 2.21 bits per heavy atom. The van der Waals surface area contributed by atoms with E-state index in [1.807, 2.05) is 26.0 Å². The van der Waals surface area contributed by atoms with Crippen molar-refractivity contribution in [3.8, 4) is 23.8 Å². The van der Waals surface area contributed by atoms with Gasteiger partial charge in [0.05, 0.1) is 17.5 Å². The van der Waals surface area contributed by atoms with Crippen molar-refractivity contribution in [1.82, 2.24) is 9.55 Å². The van der Waals surface area contributed by atoms with Crippen LogP contribution in [0.5, 0.6) is 11.5 Å². The number of benzene rings is 1. The van der Waals surface area contributed by atoms with Crippen LogP contribution in [-0.2, 0) is 6.54 Å². The van der Waals surface area contributed by atoms with Crippen LogP contribution in [0.2, 0.25) is 5.02 Å². The highest BCUT2D eigenvalue weighted by molar-refractivity contribution is 7.18. The van der Waals surface area contributed by atoms with Gasteiger partial charge in [0, 0.05) is 11.4 Å². The predicted molar refractivity (Wildman–Crippen MR) is 118 cm³/mol. The van der Waals surface area contributed by atoms with E-state index in [-0.39, 0.29) is 12.2 Å². The Morgan fingerprint density at radius 3 is 2.93 bits per heavy atom. The Bertz CT molecular complexity index is 1260. The molecule has 1 aromatic carbocycles. The molecule has 1 aliphatic heterocycles. The summed E-state index contributed by atoms with van der Waals surface area (Å²) in [5, 5.41) is 1.15. The van der Waals surface area contributed by atoms with Crippen molar-refractivity contribution in [2.24, 2.45) is 0 Å². The zero-order chi connectivity index (χ0) is 20.7. The number of hydrogen-bond acceptors (Lipinski definition) is 5. The van der Waals surface area contributed by atoms with Crippen molar-refractivity contribution >= 4 is 44.8 Å². The number of aryl methyl sites for hydroxylation is 2. The maximum atomic E-state index is 13.0. The molecular formula is C22H19ClN2O3S. The number of nitrogens with zero attached hydrogens (tertiary/aromatic N) is 2. The van der Waals surface area contributed by atoms with Crippen molar-refractivity contribution in [2.75, 3.05) is 13.7 Å². The molecule has 148 valence electrons. The van der Waals surface area contributed by atoms with Gasteiger partial charge in [-0.1, -0.05) is 17.5 Å². The lowest BCUT2D eigenvalue weighted by molar-refractivity contribution is 0.331. The number of hydrogen-bond donors (Lipinski definition) is 0. The summed E-state index contributed by atoms with van der Waals surface area (Å²) in [5.41, 5.74) is 2.89. The lowest BCUT2D eigenvalue weighted by Gasteiger charge is -2.12. The molecule has 29 heavy (non-hydrogen) atoms. The van der Waals surface area contributed by atoms with E-state index in [2.05, 4.69) is 5.92 Å². The number of terminal acetylenes is 1. The second-order valence-corrected chi connectivity index (χ2v) is 8.41. The molecule has 0 N–H and O–H groups in total. The molecule has 0 amide bonds. The summed E-state index contributed by atoms with van der Waals surface area (Å²) in [6.45, 7) is 4.72. The van der Waals surface area contributed by atoms with Crippen LogP contribution in [0.15, 0.2) is 16.9 Å². The Morgan fingerprint density at radius 1 is 1.41 bits per heavy atom. The molecule has 3 aromatic rings. The number of allylic oxidation sites excluding steroid dienone is 1. The number of thiophene rings is 1. The first-order valence-electron chi connectivity index (χ1n) is 9.10. The topological polar surface area (TPSA) is 53.4 Å². The van der Waals surface area contributed by atoms with Crippen LogP contribution in [0.25, 0.3) is 21.9 Å².